The molecule has 1 amide bonds. The molecule has 0 atom stereocenters. The molecule has 1 saturated heterocycles. The number of nitrogens with one attached hydrogen (secondary N) is 2. The summed E-state index contributed by atoms with van der Waals surface area (Å²) in [6, 6.07) is 5.01. The molecule has 1 saturated carbocycles. The number of hydrogen-bond donors (Lipinski definition) is 2. The topological polar surface area (TPSA) is 75.1 Å². The number of carbonyl (C=O) groups is 1. The average Bonchev–Trinajstić information content (AvgIpc) is 3.49. The van der Waals surface area contributed by atoms with Crippen LogP contribution in [0, 0.1) is 18.7 Å². The molecule has 0 bridgehead atoms. The highest BCUT2D eigenvalue weighted by Gasteiger charge is 2.26. The van der Waals surface area contributed by atoms with E-state index < -0.39 is 17.7 Å². The number of benzene rings is 1. The van der Waals surface area contributed by atoms with Gasteiger partial charge in [0.2, 0.25) is 5.95 Å². The number of amides is 1. The summed E-state index contributed by atoms with van der Waals surface area (Å²) in [5.41, 5.74) is 2.78. The highest BCUT2D eigenvalue weighted by molar-refractivity contribution is 5.95. The van der Waals surface area contributed by atoms with Gasteiger partial charge in [-0.05, 0) is 76.5 Å². The largest absolute Gasteiger partial charge is 0.381 e. The molecule has 178 valence electrons. The van der Waals surface area contributed by atoms with Crippen LogP contribution in [-0.2, 0) is 0 Å². The van der Waals surface area contributed by atoms with E-state index in [0.29, 0.717) is 28.4 Å². The highest BCUT2D eigenvalue weighted by atomic mass is 19.1. The number of aromatic nitrogens is 3. The fourth-order valence-corrected chi connectivity index (χ4v) is 4.28. The molecular formula is C25H28F2N6O. The lowest BCUT2D eigenvalue weighted by molar-refractivity contribution is 0.0947. The summed E-state index contributed by atoms with van der Waals surface area (Å²) >= 11 is 0. The van der Waals surface area contributed by atoms with Crippen LogP contribution in [0.25, 0.3) is 16.8 Å². The third-order valence-corrected chi connectivity index (χ3v) is 6.51. The summed E-state index contributed by atoms with van der Waals surface area (Å²) in [6.07, 6.45) is 8.59. The van der Waals surface area contributed by atoms with Crippen LogP contribution >= 0.6 is 0 Å². The van der Waals surface area contributed by atoms with Gasteiger partial charge in [-0.15, -0.1) is 0 Å². The smallest absolute Gasteiger partial charge is 0.254 e. The second-order valence-electron chi connectivity index (χ2n) is 9.32. The summed E-state index contributed by atoms with van der Waals surface area (Å²) < 4.78 is 30.7. The molecule has 34 heavy (non-hydrogen) atoms. The standard InChI is InChI=1S/C25H28F2N6O/c1-15-9-22(26)21(25(34)31-17-3-4-17)11-23(15)33-14-16(12-29-33)20-10-19(13-28-24(20)27)30-18-5-7-32(2)8-6-18/h9-14,17-18,30H,3-8H2,1-2H3,(H,31,34). The van der Waals surface area contributed by atoms with Crippen LogP contribution in [0.1, 0.15) is 41.6 Å². The second kappa shape index (κ2) is 9.13. The van der Waals surface area contributed by atoms with Crippen molar-refractivity contribution in [3.63, 3.8) is 0 Å². The minimum Gasteiger partial charge on any atom is -0.381 e. The molecule has 5 rings (SSSR count). The van der Waals surface area contributed by atoms with Gasteiger partial charge in [-0.2, -0.15) is 9.49 Å². The summed E-state index contributed by atoms with van der Waals surface area (Å²) in [5, 5.41) is 10.6. The van der Waals surface area contributed by atoms with E-state index in [0.717, 1.165) is 44.5 Å². The Kier molecular flexibility index (Phi) is 6.03. The molecule has 3 aromatic rings. The third-order valence-electron chi connectivity index (χ3n) is 6.51. The van der Waals surface area contributed by atoms with Crippen molar-refractivity contribution in [1.29, 1.82) is 0 Å². The van der Waals surface area contributed by atoms with Crippen molar-refractivity contribution in [3.05, 3.63) is 59.7 Å². The van der Waals surface area contributed by atoms with E-state index in [1.165, 1.54) is 23.0 Å². The molecular weight excluding hydrogens is 438 g/mol. The molecule has 0 radical (unpaired) electrons. The minimum absolute atomic E-state index is 0.0262. The molecule has 1 aliphatic carbocycles. The molecule has 2 aliphatic rings. The van der Waals surface area contributed by atoms with Crippen LogP contribution in [0.15, 0.2) is 36.8 Å². The lowest BCUT2D eigenvalue weighted by Gasteiger charge is -2.30. The van der Waals surface area contributed by atoms with Crippen LogP contribution < -0.4 is 10.6 Å². The Morgan fingerprint density at radius 3 is 2.56 bits per heavy atom. The number of piperidine rings is 1. The Morgan fingerprint density at radius 2 is 1.82 bits per heavy atom. The first-order valence-electron chi connectivity index (χ1n) is 11.6. The van der Waals surface area contributed by atoms with Gasteiger partial charge >= 0.3 is 0 Å². The average molecular weight is 467 g/mol. The fourth-order valence-electron chi connectivity index (χ4n) is 4.28. The zero-order valence-corrected chi connectivity index (χ0v) is 19.3. The normalized spacial score (nSPS) is 17.1. The zero-order valence-electron chi connectivity index (χ0n) is 19.3. The predicted molar refractivity (Wildman–Crippen MR) is 126 cm³/mol. The monoisotopic (exact) mass is 466 g/mol. The van der Waals surface area contributed by atoms with Crippen LogP contribution in [0.4, 0.5) is 14.5 Å². The maximum Gasteiger partial charge on any atom is 0.254 e. The van der Waals surface area contributed by atoms with Crippen molar-refractivity contribution < 1.29 is 13.6 Å². The Morgan fingerprint density at radius 1 is 1.06 bits per heavy atom. The van der Waals surface area contributed by atoms with E-state index in [4.69, 9.17) is 0 Å². The number of carbonyl (C=O) groups excluding carboxylic acids is 1. The van der Waals surface area contributed by atoms with Crippen molar-refractivity contribution in [3.8, 4) is 16.8 Å². The van der Waals surface area contributed by atoms with Gasteiger partial charge in [0.25, 0.3) is 5.91 Å². The Labute approximate surface area is 197 Å². The third kappa shape index (κ3) is 4.79. The number of aryl methyl sites for hydroxylation is 1. The van der Waals surface area contributed by atoms with E-state index in [1.807, 2.05) is 0 Å². The molecule has 3 heterocycles. The Balaban J connectivity index is 1.40. The molecule has 9 heteroatoms. The lowest BCUT2D eigenvalue weighted by Crippen LogP contribution is -2.36. The van der Waals surface area contributed by atoms with Gasteiger partial charge in [-0.25, -0.2) is 14.1 Å². The SMILES string of the molecule is Cc1cc(F)c(C(=O)NC2CC2)cc1-n1cc(-c2cc(NC3CCN(C)CC3)cnc2F)cn1. The molecule has 1 aromatic carbocycles. The van der Waals surface area contributed by atoms with Gasteiger partial charge in [-0.3, -0.25) is 4.79 Å². The van der Waals surface area contributed by atoms with Gasteiger partial charge < -0.3 is 15.5 Å². The van der Waals surface area contributed by atoms with Crippen LogP contribution in [0.5, 0.6) is 0 Å². The first-order chi connectivity index (χ1) is 16.4. The lowest BCUT2D eigenvalue weighted by atomic mass is 10.0. The van der Waals surface area contributed by atoms with E-state index in [2.05, 4.69) is 32.7 Å². The number of nitrogens with zero attached hydrogens (tertiary/aromatic N) is 4. The van der Waals surface area contributed by atoms with E-state index in [1.54, 1.807) is 25.4 Å². The molecule has 0 spiro atoms. The van der Waals surface area contributed by atoms with E-state index >= 15 is 0 Å². The van der Waals surface area contributed by atoms with Gasteiger partial charge in [-0.1, -0.05) is 0 Å². The minimum atomic E-state index is -0.589. The first kappa shape index (κ1) is 22.5. The number of anilines is 1. The van der Waals surface area contributed by atoms with E-state index in [-0.39, 0.29) is 11.6 Å². The predicted octanol–water partition coefficient (Wildman–Crippen LogP) is 3.92. The second-order valence-corrected chi connectivity index (χ2v) is 9.32. The van der Waals surface area contributed by atoms with Crippen LogP contribution in [0.3, 0.4) is 0 Å². The summed E-state index contributed by atoms with van der Waals surface area (Å²) in [7, 11) is 2.11. The van der Waals surface area contributed by atoms with Gasteiger partial charge in [0.1, 0.15) is 5.82 Å². The number of likely N-dealkylation sites (tertiary alicyclic amines) is 1. The van der Waals surface area contributed by atoms with Gasteiger partial charge in [0.15, 0.2) is 0 Å². The van der Waals surface area contributed by atoms with E-state index in [9.17, 15) is 13.6 Å². The van der Waals surface area contributed by atoms with Crippen molar-refractivity contribution in [1.82, 2.24) is 25.0 Å². The number of halogens is 2. The van der Waals surface area contributed by atoms with Crippen LogP contribution in [-0.4, -0.2) is 57.8 Å². The summed E-state index contributed by atoms with van der Waals surface area (Å²) in [4.78, 5) is 18.7. The molecule has 2 fully saturated rings. The summed E-state index contributed by atoms with van der Waals surface area (Å²) in [5.74, 6) is -1.60. The number of rotatable bonds is 6. The highest BCUT2D eigenvalue weighted by Crippen LogP contribution is 2.28. The molecule has 2 N–H and O–H groups in total. The van der Waals surface area contributed by atoms with Crippen molar-refractivity contribution in [2.75, 3.05) is 25.5 Å². The number of pyridine rings is 1. The fraction of sp³-hybridized carbons (Fsp3) is 0.400. The Hall–Kier alpha value is -3.33. The Bertz CT molecular complexity index is 1210. The maximum absolute atomic E-state index is 14.6. The van der Waals surface area contributed by atoms with Crippen molar-refractivity contribution in [2.24, 2.45) is 0 Å². The van der Waals surface area contributed by atoms with Gasteiger partial charge in [0.05, 0.1) is 29.3 Å². The molecule has 2 aromatic heterocycles. The van der Waals surface area contributed by atoms with Crippen molar-refractivity contribution >= 4 is 11.6 Å². The molecule has 7 nitrogen and oxygen atoms in total. The number of hydrogen-bond acceptors (Lipinski definition) is 5. The quantitative estimate of drug-likeness (QED) is 0.539. The molecule has 1 aliphatic heterocycles. The zero-order chi connectivity index (χ0) is 23.8. The maximum atomic E-state index is 14.6. The summed E-state index contributed by atoms with van der Waals surface area (Å²) in [6.45, 7) is 3.78. The van der Waals surface area contributed by atoms with Crippen LogP contribution in [0.2, 0.25) is 0 Å². The first-order valence-corrected chi connectivity index (χ1v) is 11.6. The van der Waals surface area contributed by atoms with Gasteiger partial charge in [0, 0.05) is 29.4 Å². The molecule has 0 unspecified atom stereocenters. The van der Waals surface area contributed by atoms with Crippen molar-refractivity contribution in [2.45, 2.75) is 44.7 Å².